The van der Waals surface area contributed by atoms with E-state index in [-0.39, 0.29) is 16.9 Å². The van der Waals surface area contributed by atoms with E-state index in [2.05, 4.69) is 45.0 Å². The molecule has 0 saturated carbocycles. The van der Waals surface area contributed by atoms with Crippen molar-refractivity contribution in [3.05, 3.63) is 35.4 Å². The van der Waals surface area contributed by atoms with Crippen LogP contribution in [0.4, 0.5) is 0 Å². The molecule has 1 aromatic carbocycles. The maximum Gasteiger partial charge on any atom is 0.0847 e. The van der Waals surface area contributed by atoms with E-state index in [0.717, 1.165) is 13.0 Å². The molecule has 2 unspecified atom stereocenters. The van der Waals surface area contributed by atoms with Crippen LogP contribution in [-0.2, 0) is 10.2 Å². The zero-order valence-corrected chi connectivity index (χ0v) is 12.3. The molecular formula is C16H23ClO. The number of hydrogen-bond donors (Lipinski definition) is 0. The molecule has 0 spiro atoms. The van der Waals surface area contributed by atoms with Crippen molar-refractivity contribution in [1.29, 1.82) is 0 Å². The van der Waals surface area contributed by atoms with Crippen LogP contribution in [0.1, 0.15) is 56.5 Å². The van der Waals surface area contributed by atoms with Gasteiger partial charge in [0.25, 0.3) is 0 Å². The van der Waals surface area contributed by atoms with Crippen molar-refractivity contribution in [2.45, 2.75) is 56.9 Å². The molecule has 0 bridgehead atoms. The van der Waals surface area contributed by atoms with Gasteiger partial charge in [0.2, 0.25) is 0 Å². The Morgan fingerprint density at radius 1 is 1.17 bits per heavy atom. The van der Waals surface area contributed by atoms with E-state index >= 15 is 0 Å². The first-order valence-corrected chi connectivity index (χ1v) is 7.28. The lowest BCUT2D eigenvalue weighted by Gasteiger charge is -2.27. The van der Waals surface area contributed by atoms with Crippen LogP contribution < -0.4 is 0 Å². The molecule has 0 aliphatic carbocycles. The minimum absolute atomic E-state index is 0.0145. The number of halogens is 1. The Bertz CT molecular complexity index is 371. The fourth-order valence-electron chi connectivity index (χ4n) is 2.38. The van der Waals surface area contributed by atoms with Gasteiger partial charge in [0, 0.05) is 6.61 Å². The van der Waals surface area contributed by atoms with Crippen molar-refractivity contribution in [2.24, 2.45) is 0 Å². The largest absolute Gasteiger partial charge is 0.376 e. The van der Waals surface area contributed by atoms with E-state index in [1.54, 1.807) is 0 Å². The molecule has 0 aromatic heterocycles. The lowest BCUT2D eigenvalue weighted by Crippen LogP contribution is -2.23. The Hall–Kier alpha value is -0.530. The van der Waals surface area contributed by atoms with Gasteiger partial charge in [-0.25, -0.2) is 0 Å². The van der Waals surface area contributed by atoms with Crippen LogP contribution in [0.2, 0.25) is 0 Å². The lowest BCUT2D eigenvalue weighted by atomic mass is 9.86. The lowest BCUT2D eigenvalue weighted by molar-refractivity contribution is 0.0136. The van der Waals surface area contributed by atoms with Gasteiger partial charge >= 0.3 is 0 Å². The van der Waals surface area contributed by atoms with E-state index < -0.39 is 0 Å². The maximum absolute atomic E-state index is 6.53. The number of alkyl halides is 1. The van der Waals surface area contributed by atoms with Gasteiger partial charge in [0.15, 0.2) is 0 Å². The highest BCUT2D eigenvalue weighted by molar-refractivity contribution is 6.21. The number of benzene rings is 1. The maximum atomic E-state index is 6.53. The molecular weight excluding hydrogens is 244 g/mol. The monoisotopic (exact) mass is 266 g/mol. The van der Waals surface area contributed by atoms with Crippen LogP contribution in [0.3, 0.4) is 0 Å². The number of rotatable bonds is 2. The molecule has 1 heterocycles. The van der Waals surface area contributed by atoms with E-state index in [9.17, 15) is 0 Å². The third-order valence-corrected chi connectivity index (χ3v) is 4.17. The predicted molar refractivity (Wildman–Crippen MR) is 77.3 cm³/mol. The summed E-state index contributed by atoms with van der Waals surface area (Å²) < 4.78 is 5.76. The van der Waals surface area contributed by atoms with Crippen LogP contribution >= 0.6 is 11.6 Å². The molecule has 18 heavy (non-hydrogen) atoms. The second-order valence-electron chi connectivity index (χ2n) is 6.18. The summed E-state index contributed by atoms with van der Waals surface area (Å²) in [6.07, 6.45) is 3.66. The zero-order chi connectivity index (χ0) is 13.2. The van der Waals surface area contributed by atoms with Gasteiger partial charge in [-0.1, -0.05) is 45.0 Å². The standard InChI is InChI=1S/C16H23ClO/c1-16(2,3)13-9-7-12(8-10-13)15(17)14-6-4-5-11-18-14/h7-10,14-15H,4-6,11H2,1-3H3. The molecule has 1 fully saturated rings. The molecule has 1 saturated heterocycles. The van der Waals surface area contributed by atoms with E-state index in [1.165, 1.54) is 24.0 Å². The fourth-order valence-corrected chi connectivity index (χ4v) is 2.72. The highest BCUT2D eigenvalue weighted by Gasteiger charge is 2.24. The van der Waals surface area contributed by atoms with Crippen LogP contribution in [-0.4, -0.2) is 12.7 Å². The molecule has 2 atom stereocenters. The second kappa shape index (κ2) is 5.63. The molecule has 0 amide bonds. The Morgan fingerprint density at radius 3 is 2.33 bits per heavy atom. The number of ether oxygens (including phenoxy) is 1. The Kier molecular flexibility index (Phi) is 4.34. The SMILES string of the molecule is CC(C)(C)c1ccc(C(Cl)C2CCCCO2)cc1. The highest BCUT2D eigenvalue weighted by Crippen LogP contribution is 2.33. The van der Waals surface area contributed by atoms with E-state index in [4.69, 9.17) is 16.3 Å². The first kappa shape index (κ1) is 13.9. The Balaban J connectivity index is 2.09. The second-order valence-corrected chi connectivity index (χ2v) is 6.65. The van der Waals surface area contributed by atoms with Crippen LogP contribution in [0.5, 0.6) is 0 Å². The first-order chi connectivity index (χ1) is 8.48. The topological polar surface area (TPSA) is 9.23 Å². The van der Waals surface area contributed by atoms with Crippen LogP contribution in [0.25, 0.3) is 0 Å². The normalized spacial score (nSPS) is 22.8. The third kappa shape index (κ3) is 3.27. The summed E-state index contributed by atoms with van der Waals surface area (Å²) in [6.45, 7) is 7.53. The molecule has 0 radical (unpaired) electrons. The first-order valence-electron chi connectivity index (χ1n) is 6.84. The Morgan fingerprint density at radius 2 is 1.83 bits per heavy atom. The van der Waals surface area contributed by atoms with Gasteiger partial charge in [0.1, 0.15) is 0 Å². The van der Waals surface area contributed by atoms with Crippen molar-refractivity contribution >= 4 is 11.6 Å². The van der Waals surface area contributed by atoms with Gasteiger partial charge in [-0.2, -0.15) is 0 Å². The van der Waals surface area contributed by atoms with E-state index in [0.29, 0.717) is 0 Å². The minimum Gasteiger partial charge on any atom is -0.376 e. The third-order valence-electron chi connectivity index (χ3n) is 3.64. The average Bonchev–Trinajstić information content (AvgIpc) is 2.38. The van der Waals surface area contributed by atoms with Crippen molar-refractivity contribution in [1.82, 2.24) is 0 Å². The molecule has 2 heteroatoms. The smallest absolute Gasteiger partial charge is 0.0847 e. The summed E-state index contributed by atoms with van der Waals surface area (Å²) in [5.41, 5.74) is 2.72. The quantitative estimate of drug-likeness (QED) is 0.697. The van der Waals surface area contributed by atoms with Crippen molar-refractivity contribution < 1.29 is 4.74 Å². The summed E-state index contributed by atoms with van der Waals surface area (Å²) in [7, 11) is 0. The minimum atomic E-state index is -0.0145. The van der Waals surface area contributed by atoms with Crippen LogP contribution in [0.15, 0.2) is 24.3 Å². The molecule has 2 rings (SSSR count). The van der Waals surface area contributed by atoms with Gasteiger partial charge in [0.05, 0.1) is 11.5 Å². The van der Waals surface area contributed by atoms with Crippen LogP contribution in [0, 0.1) is 0 Å². The molecule has 1 aliphatic heterocycles. The Labute approximate surface area is 115 Å². The summed E-state index contributed by atoms with van der Waals surface area (Å²) in [6, 6.07) is 8.67. The van der Waals surface area contributed by atoms with Gasteiger partial charge in [-0.3, -0.25) is 0 Å². The number of hydrogen-bond acceptors (Lipinski definition) is 1. The summed E-state index contributed by atoms with van der Waals surface area (Å²) >= 11 is 6.53. The van der Waals surface area contributed by atoms with E-state index in [1.807, 2.05) is 0 Å². The molecule has 100 valence electrons. The highest BCUT2D eigenvalue weighted by atomic mass is 35.5. The average molecular weight is 267 g/mol. The summed E-state index contributed by atoms with van der Waals surface area (Å²) in [5.74, 6) is 0. The molecule has 1 aromatic rings. The van der Waals surface area contributed by atoms with Gasteiger partial charge in [-0.15, -0.1) is 11.6 Å². The predicted octanol–water partition coefficient (Wildman–Crippen LogP) is 4.83. The summed E-state index contributed by atoms with van der Waals surface area (Å²) in [5, 5.41) is -0.0145. The summed E-state index contributed by atoms with van der Waals surface area (Å²) in [4.78, 5) is 0. The molecule has 0 N–H and O–H groups in total. The zero-order valence-electron chi connectivity index (χ0n) is 11.6. The fraction of sp³-hybridized carbons (Fsp3) is 0.625. The molecule has 1 aliphatic rings. The van der Waals surface area contributed by atoms with Gasteiger partial charge < -0.3 is 4.74 Å². The van der Waals surface area contributed by atoms with Crippen molar-refractivity contribution in [3.63, 3.8) is 0 Å². The van der Waals surface area contributed by atoms with Crippen molar-refractivity contribution in [2.75, 3.05) is 6.61 Å². The van der Waals surface area contributed by atoms with Crippen molar-refractivity contribution in [3.8, 4) is 0 Å². The molecule has 1 nitrogen and oxygen atoms in total. The van der Waals surface area contributed by atoms with Gasteiger partial charge in [-0.05, 0) is 35.8 Å².